The predicted octanol–water partition coefficient (Wildman–Crippen LogP) is 2.48. The topological polar surface area (TPSA) is 9.23 Å². The fraction of sp³-hybridized carbons (Fsp3) is 0.333. The van der Waals surface area contributed by atoms with E-state index in [1.807, 2.05) is 0 Å². The minimum atomic E-state index is -0.560. The van der Waals surface area contributed by atoms with E-state index in [1.54, 1.807) is 13.0 Å². The highest BCUT2D eigenvalue weighted by Gasteiger charge is 1.97. The van der Waals surface area contributed by atoms with E-state index < -0.39 is 6.67 Å². The van der Waals surface area contributed by atoms with Crippen LogP contribution in [0.5, 0.6) is 5.75 Å². The maximum atomic E-state index is 12.7. The largest absolute Gasteiger partial charge is 0.491 e. The Morgan fingerprint density at radius 3 is 2.67 bits per heavy atom. The molecule has 0 unspecified atom stereocenters. The van der Waals surface area contributed by atoms with Gasteiger partial charge in [0, 0.05) is 6.07 Å². The molecule has 0 aliphatic carbocycles. The first-order valence-corrected chi connectivity index (χ1v) is 3.68. The maximum Gasteiger partial charge on any atom is 0.127 e. The molecule has 0 aliphatic rings. The first-order valence-electron chi connectivity index (χ1n) is 3.68. The Balaban J connectivity index is 2.72. The van der Waals surface area contributed by atoms with Crippen LogP contribution >= 0.6 is 0 Å². The van der Waals surface area contributed by atoms with Crippen LogP contribution in [0.3, 0.4) is 0 Å². The molecule has 0 heterocycles. The molecular formula is C9H10F2O. The van der Waals surface area contributed by atoms with Crippen molar-refractivity contribution in [1.82, 2.24) is 0 Å². The molecule has 3 heteroatoms. The molecule has 1 aromatic carbocycles. The molecule has 1 rings (SSSR count). The van der Waals surface area contributed by atoms with Gasteiger partial charge in [-0.3, -0.25) is 0 Å². The zero-order chi connectivity index (χ0) is 8.97. The lowest BCUT2D eigenvalue weighted by Gasteiger charge is -2.04. The third-order valence-electron chi connectivity index (χ3n) is 1.36. The Bertz CT molecular complexity index is 240. The van der Waals surface area contributed by atoms with Crippen molar-refractivity contribution in [2.75, 3.05) is 13.3 Å². The van der Waals surface area contributed by atoms with Gasteiger partial charge in [0.2, 0.25) is 0 Å². The molecule has 0 saturated carbocycles. The average molecular weight is 172 g/mol. The second kappa shape index (κ2) is 4.04. The average Bonchev–Trinajstić information content (AvgIpc) is 1.99. The van der Waals surface area contributed by atoms with Crippen molar-refractivity contribution in [3.8, 4) is 5.75 Å². The lowest BCUT2D eigenvalue weighted by atomic mass is 10.2. The Morgan fingerprint density at radius 2 is 2.08 bits per heavy atom. The third-order valence-corrected chi connectivity index (χ3v) is 1.36. The van der Waals surface area contributed by atoms with Gasteiger partial charge in [0.25, 0.3) is 0 Å². The molecule has 0 aromatic heterocycles. The summed E-state index contributed by atoms with van der Waals surface area (Å²) in [5, 5.41) is 0. The van der Waals surface area contributed by atoms with Crippen molar-refractivity contribution in [2.45, 2.75) is 6.92 Å². The Kier molecular flexibility index (Phi) is 3.02. The molecule has 0 bridgehead atoms. The van der Waals surface area contributed by atoms with E-state index in [2.05, 4.69) is 0 Å². The summed E-state index contributed by atoms with van der Waals surface area (Å²) in [6.07, 6.45) is 0. The van der Waals surface area contributed by atoms with Gasteiger partial charge in [0.05, 0.1) is 0 Å². The minimum Gasteiger partial charge on any atom is -0.491 e. The van der Waals surface area contributed by atoms with Crippen LogP contribution in [0.1, 0.15) is 5.56 Å². The molecule has 0 radical (unpaired) electrons. The van der Waals surface area contributed by atoms with Crippen molar-refractivity contribution in [3.05, 3.63) is 29.6 Å². The van der Waals surface area contributed by atoms with Crippen molar-refractivity contribution in [3.63, 3.8) is 0 Å². The van der Waals surface area contributed by atoms with Crippen LogP contribution in [0.15, 0.2) is 18.2 Å². The van der Waals surface area contributed by atoms with E-state index in [0.29, 0.717) is 5.75 Å². The van der Waals surface area contributed by atoms with Crippen molar-refractivity contribution in [1.29, 1.82) is 0 Å². The van der Waals surface area contributed by atoms with Crippen LogP contribution in [0.4, 0.5) is 8.78 Å². The van der Waals surface area contributed by atoms with Crippen molar-refractivity contribution in [2.24, 2.45) is 0 Å². The molecule has 66 valence electrons. The van der Waals surface area contributed by atoms with Gasteiger partial charge in [0.15, 0.2) is 0 Å². The second-order valence-electron chi connectivity index (χ2n) is 2.50. The smallest absolute Gasteiger partial charge is 0.127 e. The monoisotopic (exact) mass is 172 g/mol. The summed E-state index contributed by atoms with van der Waals surface area (Å²) in [5.41, 5.74) is 0.767. The minimum absolute atomic E-state index is 0.0249. The Labute approximate surface area is 70.0 Å². The molecule has 12 heavy (non-hydrogen) atoms. The summed E-state index contributed by atoms with van der Waals surface area (Å²) in [6, 6.07) is 4.30. The van der Waals surface area contributed by atoms with Gasteiger partial charge >= 0.3 is 0 Å². The number of rotatable bonds is 3. The highest BCUT2D eigenvalue weighted by Crippen LogP contribution is 2.15. The number of alkyl halides is 1. The molecule has 0 aliphatic heterocycles. The molecule has 0 spiro atoms. The molecule has 1 aromatic rings. The summed E-state index contributed by atoms with van der Waals surface area (Å²) in [6.45, 7) is 1.17. The standard InChI is InChI=1S/C9H10F2O/c1-7-4-8(11)6-9(5-7)12-3-2-10/h4-6H,2-3H2,1H3. The van der Waals surface area contributed by atoms with Crippen LogP contribution in [0.2, 0.25) is 0 Å². The van der Waals surface area contributed by atoms with Crippen LogP contribution in [0.25, 0.3) is 0 Å². The van der Waals surface area contributed by atoms with E-state index in [9.17, 15) is 8.78 Å². The Morgan fingerprint density at radius 1 is 1.33 bits per heavy atom. The van der Waals surface area contributed by atoms with Gasteiger partial charge in [0.1, 0.15) is 24.8 Å². The predicted molar refractivity (Wildman–Crippen MR) is 42.6 cm³/mol. The van der Waals surface area contributed by atoms with Crippen LogP contribution in [-0.4, -0.2) is 13.3 Å². The SMILES string of the molecule is Cc1cc(F)cc(OCCF)c1. The van der Waals surface area contributed by atoms with Crippen molar-refractivity contribution < 1.29 is 13.5 Å². The van der Waals surface area contributed by atoms with Crippen LogP contribution < -0.4 is 4.74 Å². The molecule has 0 amide bonds. The van der Waals surface area contributed by atoms with Gasteiger partial charge in [-0.25, -0.2) is 8.78 Å². The van der Waals surface area contributed by atoms with Gasteiger partial charge < -0.3 is 4.74 Å². The number of halogens is 2. The zero-order valence-corrected chi connectivity index (χ0v) is 6.81. The third kappa shape index (κ3) is 2.49. The Hall–Kier alpha value is -1.12. The van der Waals surface area contributed by atoms with Gasteiger partial charge in [-0.05, 0) is 24.6 Å². The second-order valence-corrected chi connectivity index (χ2v) is 2.50. The van der Waals surface area contributed by atoms with E-state index >= 15 is 0 Å². The summed E-state index contributed by atoms with van der Waals surface area (Å²) in [7, 11) is 0. The number of aryl methyl sites for hydroxylation is 1. The summed E-state index contributed by atoms with van der Waals surface area (Å²) >= 11 is 0. The molecular weight excluding hydrogens is 162 g/mol. The normalized spacial score (nSPS) is 9.92. The van der Waals surface area contributed by atoms with Gasteiger partial charge in [-0.2, -0.15) is 0 Å². The number of hydrogen-bond donors (Lipinski definition) is 0. The molecule has 0 atom stereocenters. The lowest BCUT2D eigenvalue weighted by molar-refractivity contribution is 0.272. The lowest BCUT2D eigenvalue weighted by Crippen LogP contribution is -1.99. The molecule has 1 nitrogen and oxygen atoms in total. The molecule has 0 fully saturated rings. The van der Waals surface area contributed by atoms with E-state index in [4.69, 9.17) is 4.74 Å². The molecule has 0 saturated heterocycles. The van der Waals surface area contributed by atoms with Gasteiger partial charge in [-0.1, -0.05) is 0 Å². The summed E-state index contributed by atoms with van der Waals surface area (Å²) in [5.74, 6) is 0.0222. The zero-order valence-electron chi connectivity index (χ0n) is 6.81. The van der Waals surface area contributed by atoms with Gasteiger partial charge in [-0.15, -0.1) is 0 Å². The van der Waals surface area contributed by atoms with E-state index in [0.717, 1.165) is 5.56 Å². The number of ether oxygens (including phenoxy) is 1. The first-order chi connectivity index (χ1) is 5.72. The highest BCUT2D eigenvalue weighted by molar-refractivity contribution is 5.28. The number of benzene rings is 1. The fourth-order valence-corrected chi connectivity index (χ4v) is 0.943. The summed E-state index contributed by atoms with van der Waals surface area (Å²) < 4.78 is 29.2. The number of hydrogen-bond acceptors (Lipinski definition) is 1. The fourth-order valence-electron chi connectivity index (χ4n) is 0.943. The van der Waals surface area contributed by atoms with E-state index in [-0.39, 0.29) is 12.4 Å². The quantitative estimate of drug-likeness (QED) is 0.680. The van der Waals surface area contributed by atoms with E-state index in [1.165, 1.54) is 12.1 Å². The van der Waals surface area contributed by atoms with Crippen LogP contribution in [-0.2, 0) is 0 Å². The van der Waals surface area contributed by atoms with Crippen LogP contribution in [0, 0.1) is 12.7 Å². The molecule has 0 N–H and O–H groups in total. The summed E-state index contributed by atoms with van der Waals surface area (Å²) in [4.78, 5) is 0. The maximum absolute atomic E-state index is 12.7. The highest BCUT2D eigenvalue weighted by atomic mass is 19.1. The first kappa shape index (κ1) is 8.97. The van der Waals surface area contributed by atoms with Crippen molar-refractivity contribution >= 4 is 0 Å².